The smallest absolute Gasteiger partial charge is 0.130 e. The van der Waals surface area contributed by atoms with Crippen LogP contribution in [0.25, 0.3) is 0 Å². The molecule has 3 heteroatoms. The molecule has 1 unspecified atom stereocenters. The fourth-order valence-electron chi connectivity index (χ4n) is 1.90. The van der Waals surface area contributed by atoms with Crippen LogP contribution in [0.15, 0.2) is 18.2 Å². The number of rotatable bonds is 6. The topological polar surface area (TPSA) is 12.0 Å². The molecule has 1 N–H and O–H groups in total. The van der Waals surface area contributed by atoms with Gasteiger partial charge in [-0.3, -0.25) is 0 Å². The summed E-state index contributed by atoms with van der Waals surface area (Å²) in [5.41, 5.74) is 0.564. The first kappa shape index (κ1) is 14.1. The Balaban J connectivity index is 2.81. The predicted octanol–water partition coefficient (Wildman–Crippen LogP) is 4.05. The third-order valence-electron chi connectivity index (χ3n) is 2.82. The highest BCUT2D eigenvalue weighted by Gasteiger charge is 2.15. The molecule has 17 heavy (non-hydrogen) atoms. The first-order chi connectivity index (χ1) is 8.04. The van der Waals surface area contributed by atoms with Crippen LogP contribution in [0, 0.1) is 17.6 Å². The highest BCUT2D eigenvalue weighted by molar-refractivity contribution is 5.22. The number of benzene rings is 1. The van der Waals surface area contributed by atoms with E-state index in [1.165, 1.54) is 6.07 Å². The Morgan fingerprint density at radius 2 is 1.88 bits per heavy atom. The highest BCUT2D eigenvalue weighted by atomic mass is 19.1. The van der Waals surface area contributed by atoms with Gasteiger partial charge in [-0.25, -0.2) is 8.78 Å². The molecule has 0 aliphatic rings. The first-order valence-electron chi connectivity index (χ1n) is 6.23. The molecule has 0 aliphatic heterocycles. The first-order valence-corrected chi connectivity index (χ1v) is 6.23. The molecule has 0 bridgehead atoms. The van der Waals surface area contributed by atoms with Gasteiger partial charge in [-0.15, -0.1) is 0 Å². The third-order valence-corrected chi connectivity index (χ3v) is 2.82. The van der Waals surface area contributed by atoms with Crippen molar-refractivity contribution in [3.05, 3.63) is 35.4 Å². The molecule has 1 aromatic rings. The van der Waals surface area contributed by atoms with Crippen molar-refractivity contribution in [3.8, 4) is 0 Å². The van der Waals surface area contributed by atoms with Gasteiger partial charge in [0.25, 0.3) is 0 Å². The van der Waals surface area contributed by atoms with Crippen LogP contribution in [-0.4, -0.2) is 6.54 Å². The van der Waals surface area contributed by atoms with Gasteiger partial charge in [-0.05, 0) is 31.4 Å². The van der Waals surface area contributed by atoms with Crippen LogP contribution >= 0.6 is 0 Å². The van der Waals surface area contributed by atoms with Crippen LogP contribution in [0.1, 0.15) is 45.2 Å². The van der Waals surface area contributed by atoms with Crippen molar-refractivity contribution >= 4 is 0 Å². The summed E-state index contributed by atoms with van der Waals surface area (Å²) >= 11 is 0. The maximum absolute atomic E-state index is 13.7. The summed E-state index contributed by atoms with van der Waals surface area (Å²) in [5.74, 6) is -0.398. The molecule has 0 fully saturated rings. The van der Waals surface area contributed by atoms with Gasteiger partial charge in [-0.2, -0.15) is 0 Å². The van der Waals surface area contributed by atoms with Crippen LogP contribution in [0.3, 0.4) is 0 Å². The monoisotopic (exact) mass is 241 g/mol. The van der Waals surface area contributed by atoms with Crippen molar-refractivity contribution in [3.63, 3.8) is 0 Å². The van der Waals surface area contributed by atoms with E-state index >= 15 is 0 Å². The van der Waals surface area contributed by atoms with Crippen molar-refractivity contribution in [2.24, 2.45) is 5.92 Å². The standard InChI is InChI=1S/C14H21F2N/c1-4-17-14(8-5-10(2)3)12-7-6-11(15)9-13(12)16/h6-7,9-10,14,17H,4-5,8H2,1-3H3. The zero-order valence-corrected chi connectivity index (χ0v) is 10.8. The Morgan fingerprint density at radius 3 is 2.41 bits per heavy atom. The van der Waals surface area contributed by atoms with Gasteiger partial charge in [-0.1, -0.05) is 26.8 Å². The Kier molecular flexibility index (Phi) is 5.56. The van der Waals surface area contributed by atoms with E-state index in [-0.39, 0.29) is 6.04 Å². The Hall–Kier alpha value is -0.960. The quantitative estimate of drug-likeness (QED) is 0.792. The summed E-state index contributed by atoms with van der Waals surface area (Å²) in [6, 6.07) is 3.79. The average molecular weight is 241 g/mol. The molecule has 1 rings (SSSR count). The second kappa shape index (κ2) is 6.70. The molecule has 0 saturated heterocycles. The molecule has 1 aromatic carbocycles. The van der Waals surface area contributed by atoms with Gasteiger partial charge in [0.2, 0.25) is 0 Å². The van der Waals surface area contributed by atoms with E-state index in [0.717, 1.165) is 25.5 Å². The molecule has 0 amide bonds. The molecule has 0 saturated carbocycles. The van der Waals surface area contributed by atoms with E-state index in [1.807, 2.05) is 6.92 Å². The summed E-state index contributed by atoms with van der Waals surface area (Å²) in [5, 5.41) is 3.25. The summed E-state index contributed by atoms with van der Waals surface area (Å²) in [7, 11) is 0. The average Bonchev–Trinajstić information content (AvgIpc) is 2.24. The van der Waals surface area contributed by atoms with Crippen LogP contribution in [0.5, 0.6) is 0 Å². The molecule has 0 heterocycles. The van der Waals surface area contributed by atoms with Crippen molar-refractivity contribution < 1.29 is 8.78 Å². The summed E-state index contributed by atoms with van der Waals surface area (Å²) in [6.45, 7) is 7.05. The van der Waals surface area contributed by atoms with E-state index in [1.54, 1.807) is 6.07 Å². The maximum atomic E-state index is 13.7. The lowest BCUT2D eigenvalue weighted by molar-refractivity contribution is 0.432. The van der Waals surface area contributed by atoms with Crippen molar-refractivity contribution in [2.45, 2.75) is 39.7 Å². The minimum Gasteiger partial charge on any atom is -0.310 e. The molecule has 96 valence electrons. The van der Waals surface area contributed by atoms with Gasteiger partial charge in [0.15, 0.2) is 0 Å². The zero-order chi connectivity index (χ0) is 12.8. The van der Waals surface area contributed by atoms with Crippen molar-refractivity contribution in [1.82, 2.24) is 5.32 Å². The predicted molar refractivity (Wildman–Crippen MR) is 66.8 cm³/mol. The van der Waals surface area contributed by atoms with Crippen molar-refractivity contribution in [1.29, 1.82) is 0 Å². The second-order valence-electron chi connectivity index (χ2n) is 4.75. The van der Waals surface area contributed by atoms with Crippen LogP contribution in [0.4, 0.5) is 8.78 Å². The summed E-state index contributed by atoms with van der Waals surface area (Å²) in [6.07, 6.45) is 1.89. The molecule has 1 nitrogen and oxygen atoms in total. The van der Waals surface area contributed by atoms with Crippen LogP contribution < -0.4 is 5.32 Å². The minimum atomic E-state index is -0.523. The molecule has 0 aliphatic carbocycles. The van der Waals surface area contributed by atoms with E-state index in [9.17, 15) is 8.78 Å². The SMILES string of the molecule is CCNC(CCC(C)C)c1ccc(F)cc1F. The fraction of sp³-hybridized carbons (Fsp3) is 0.571. The largest absolute Gasteiger partial charge is 0.310 e. The van der Waals surface area contributed by atoms with Crippen LogP contribution in [-0.2, 0) is 0 Å². The highest BCUT2D eigenvalue weighted by Crippen LogP contribution is 2.24. The zero-order valence-electron chi connectivity index (χ0n) is 10.8. The van der Waals surface area contributed by atoms with Gasteiger partial charge < -0.3 is 5.32 Å². The molecule has 1 atom stereocenters. The molecule has 0 spiro atoms. The van der Waals surface area contributed by atoms with E-state index in [2.05, 4.69) is 19.2 Å². The molecular formula is C14H21F2N. The van der Waals surface area contributed by atoms with Crippen molar-refractivity contribution in [2.75, 3.05) is 6.54 Å². The fourth-order valence-corrected chi connectivity index (χ4v) is 1.90. The third kappa shape index (κ3) is 4.43. The lowest BCUT2D eigenvalue weighted by atomic mass is 9.97. The van der Waals surface area contributed by atoms with E-state index in [0.29, 0.717) is 11.5 Å². The lowest BCUT2D eigenvalue weighted by Gasteiger charge is -2.20. The summed E-state index contributed by atoms with van der Waals surface area (Å²) < 4.78 is 26.5. The normalized spacial score (nSPS) is 13.1. The number of hydrogen-bond donors (Lipinski definition) is 1. The molecule has 0 radical (unpaired) electrons. The van der Waals surface area contributed by atoms with Gasteiger partial charge in [0.1, 0.15) is 11.6 Å². The number of hydrogen-bond acceptors (Lipinski definition) is 1. The Labute approximate surface area is 102 Å². The van der Waals surface area contributed by atoms with E-state index < -0.39 is 11.6 Å². The summed E-state index contributed by atoms with van der Waals surface area (Å²) in [4.78, 5) is 0. The van der Waals surface area contributed by atoms with Crippen LogP contribution in [0.2, 0.25) is 0 Å². The second-order valence-corrected chi connectivity index (χ2v) is 4.75. The minimum absolute atomic E-state index is 0.0250. The van der Waals surface area contributed by atoms with Gasteiger partial charge in [0, 0.05) is 17.7 Å². The Bertz CT molecular complexity index is 350. The molecular weight excluding hydrogens is 220 g/mol. The number of nitrogens with one attached hydrogen (secondary N) is 1. The Morgan fingerprint density at radius 1 is 1.18 bits per heavy atom. The van der Waals surface area contributed by atoms with Gasteiger partial charge >= 0.3 is 0 Å². The van der Waals surface area contributed by atoms with Gasteiger partial charge in [0.05, 0.1) is 0 Å². The maximum Gasteiger partial charge on any atom is 0.130 e. The lowest BCUT2D eigenvalue weighted by Crippen LogP contribution is -2.22. The number of halogens is 2. The van der Waals surface area contributed by atoms with E-state index in [4.69, 9.17) is 0 Å². The molecule has 0 aromatic heterocycles.